The molecule has 2 aromatic rings. The van der Waals surface area contributed by atoms with Gasteiger partial charge in [0.25, 0.3) is 0 Å². The third-order valence-corrected chi connectivity index (χ3v) is 3.35. The van der Waals surface area contributed by atoms with Gasteiger partial charge in [-0.2, -0.15) is 0 Å². The monoisotopic (exact) mass is 287 g/mol. The third kappa shape index (κ3) is 3.72. The highest BCUT2D eigenvalue weighted by molar-refractivity contribution is 5.94. The van der Waals surface area contributed by atoms with E-state index in [0.717, 1.165) is 17.5 Å². The van der Waals surface area contributed by atoms with Crippen molar-refractivity contribution < 1.29 is 9.18 Å². The summed E-state index contributed by atoms with van der Waals surface area (Å²) in [6.45, 7) is 2.50. The van der Waals surface area contributed by atoms with E-state index in [1.165, 1.54) is 12.1 Å². The molecule has 0 aliphatic heterocycles. The molecular weight excluding hydrogens is 269 g/mol. The Balaban J connectivity index is 2.03. The number of aryl methyl sites for hydroxylation is 1. The number of halogens is 1. The molecule has 5 N–H and O–H groups in total. The second-order valence-corrected chi connectivity index (χ2v) is 4.91. The normalized spacial score (nSPS) is 10.4. The fourth-order valence-electron chi connectivity index (χ4n) is 2.13. The van der Waals surface area contributed by atoms with Crippen LogP contribution in [-0.4, -0.2) is 12.5 Å². The zero-order chi connectivity index (χ0) is 15.4. The minimum atomic E-state index is -0.493. The van der Waals surface area contributed by atoms with Gasteiger partial charge >= 0.3 is 0 Å². The van der Waals surface area contributed by atoms with Gasteiger partial charge in [0.05, 0.1) is 11.4 Å². The number of amides is 1. The quantitative estimate of drug-likeness (QED) is 0.739. The highest BCUT2D eigenvalue weighted by Gasteiger charge is 2.05. The van der Waals surface area contributed by atoms with E-state index in [4.69, 9.17) is 11.5 Å². The van der Waals surface area contributed by atoms with Crippen LogP contribution in [0.15, 0.2) is 36.4 Å². The van der Waals surface area contributed by atoms with Crippen LogP contribution >= 0.6 is 0 Å². The van der Waals surface area contributed by atoms with Gasteiger partial charge in [-0.15, -0.1) is 0 Å². The van der Waals surface area contributed by atoms with Crippen LogP contribution in [0.2, 0.25) is 0 Å². The summed E-state index contributed by atoms with van der Waals surface area (Å²) in [5, 5.41) is 3.17. The van der Waals surface area contributed by atoms with Crippen molar-refractivity contribution in [2.75, 3.05) is 17.6 Å². The molecule has 0 atom stereocenters. The molecule has 0 saturated carbocycles. The smallest absolute Gasteiger partial charge is 0.248 e. The molecule has 110 valence electrons. The van der Waals surface area contributed by atoms with Gasteiger partial charge in [-0.1, -0.05) is 6.07 Å². The molecular formula is C16H18FN3O. The molecule has 21 heavy (non-hydrogen) atoms. The lowest BCUT2D eigenvalue weighted by molar-refractivity contribution is 0.100. The van der Waals surface area contributed by atoms with Gasteiger partial charge < -0.3 is 16.8 Å². The van der Waals surface area contributed by atoms with Crippen LogP contribution < -0.4 is 16.8 Å². The van der Waals surface area contributed by atoms with Crippen LogP contribution in [0.5, 0.6) is 0 Å². The van der Waals surface area contributed by atoms with Gasteiger partial charge in [0, 0.05) is 12.1 Å². The van der Waals surface area contributed by atoms with E-state index in [-0.39, 0.29) is 5.82 Å². The van der Waals surface area contributed by atoms with Crippen molar-refractivity contribution in [1.29, 1.82) is 0 Å². The topological polar surface area (TPSA) is 81.1 Å². The zero-order valence-corrected chi connectivity index (χ0v) is 11.8. The van der Waals surface area contributed by atoms with Crippen molar-refractivity contribution in [2.45, 2.75) is 13.3 Å². The maximum Gasteiger partial charge on any atom is 0.248 e. The number of hydrogen-bond acceptors (Lipinski definition) is 3. The number of hydrogen-bond donors (Lipinski definition) is 3. The van der Waals surface area contributed by atoms with Crippen molar-refractivity contribution in [1.82, 2.24) is 0 Å². The van der Waals surface area contributed by atoms with Crippen molar-refractivity contribution >= 4 is 17.3 Å². The average molecular weight is 287 g/mol. The Morgan fingerprint density at radius 2 is 2.00 bits per heavy atom. The molecule has 0 saturated heterocycles. The van der Waals surface area contributed by atoms with Gasteiger partial charge in [0.2, 0.25) is 5.91 Å². The fourth-order valence-corrected chi connectivity index (χ4v) is 2.13. The second kappa shape index (κ2) is 6.26. The van der Waals surface area contributed by atoms with Crippen molar-refractivity contribution in [3.63, 3.8) is 0 Å². The highest BCUT2D eigenvalue weighted by atomic mass is 19.1. The molecule has 2 rings (SSSR count). The summed E-state index contributed by atoms with van der Waals surface area (Å²) in [5.41, 5.74) is 14.7. The first-order chi connectivity index (χ1) is 9.97. The second-order valence-electron chi connectivity index (χ2n) is 4.91. The van der Waals surface area contributed by atoms with Crippen LogP contribution in [0.25, 0.3) is 0 Å². The highest BCUT2D eigenvalue weighted by Crippen LogP contribution is 2.20. The van der Waals surface area contributed by atoms with E-state index in [1.807, 2.05) is 6.92 Å². The number of carbonyl (C=O) groups excluding carboxylic acids is 1. The Hall–Kier alpha value is -2.56. The van der Waals surface area contributed by atoms with Crippen LogP contribution in [0.3, 0.4) is 0 Å². The summed E-state index contributed by atoms with van der Waals surface area (Å²) < 4.78 is 13.0. The predicted octanol–water partition coefficient (Wildman–Crippen LogP) is 2.47. The van der Waals surface area contributed by atoms with Crippen molar-refractivity contribution in [3.05, 3.63) is 58.9 Å². The molecule has 1 amide bonds. The lowest BCUT2D eigenvalue weighted by Crippen LogP contribution is -2.13. The molecule has 0 spiro atoms. The summed E-state index contributed by atoms with van der Waals surface area (Å²) in [4.78, 5) is 11.2. The lowest BCUT2D eigenvalue weighted by atomic mass is 10.1. The Morgan fingerprint density at radius 3 is 2.67 bits per heavy atom. The maximum atomic E-state index is 13.0. The van der Waals surface area contributed by atoms with Gasteiger partial charge in [0.1, 0.15) is 5.82 Å². The Bertz CT molecular complexity index is 671. The Morgan fingerprint density at radius 1 is 1.24 bits per heavy atom. The molecule has 0 aliphatic carbocycles. The van der Waals surface area contributed by atoms with E-state index in [9.17, 15) is 9.18 Å². The molecule has 2 aromatic carbocycles. The van der Waals surface area contributed by atoms with E-state index in [1.54, 1.807) is 24.3 Å². The number of anilines is 2. The zero-order valence-electron chi connectivity index (χ0n) is 11.8. The van der Waals surface area contributed by atoms with E-state index in [2.05, 4.69) is 5.32 Å². The first-order valence-corrected chi connectivity index (χ1v) is 6.65. The van der Waals surface area contributed by atoms with E-state index in [0.29, 0.717) is 23.5 Å². The molecule has 0 unspecified atom stereocenters. The maximum absolute atomic E-state index is 13.0. The molecule has 0 radical (unpaired) electrons. The van der Waals surface area contributed by atoms with Gasteiger partial charge in [-0.05, 0) is 54.8 Å². The van der Waals surface area contributed by atoms with E-state index < -0.39 is 5.91 Å². The van der Waals surface area contributed by atoms with Gasteiger partial charge in [-0.25, -0.2) is 4.39 Å². The van der Waals surface area contributed by atoms with Crippen LogP contribution in [0.1, 0.15) is 21.5 Å². The van der Waals surface area contributed by atoms with Crippen LogP contribution in [-0.2, 0) is 6.42 Å². The Kier molecular flexibility index (Phi) is 4.42. The van der Waals surface area contributed by atoms with E-state index >= 15 is 0 Å². The first kappa shape index (κ1) is 14.8. The average Bonchev–Trinajstić information content (AvgIpc) is 2.43. The molecule has 0 aromatic heterocycles. The van der Waals surface area contributed by atoms with Gasteiger partial charge in [0.15, 0.2) is 0 Å². The van der Waals surface area contributed by atoms with Crippen molar-refractivity contribution in [2.24, 2.45) is 5.73 Å². The molecule has 0 heterocycles. The lowest BCUT2D eigenvalue weighted by Gasteiger charge is -2.11. The third-order valence-electron chi connectivity index (χ3n) is 3.35. The number of carbonyl (C=O) groups is 1. The summed E-state index contributed by atoms with van der Waals surface area (Å²) in [6, 6.07) is 9.60. The fraction of sp³-hybridized carbons (Fsp3) is 0.188. The largest absolute Gasteiger partial charge is 0.397 e. The number of nitrogen functional groups attached to an aromatic ring is 1. The number of benzene rings is 2. The number of nitrogens with two attached hydrogens (primary N) is 2. The minimum Gasteiger partial charge on any atom is -0.397 e. The van der Waals surface area contributed by atoms with Crippen LogP contribution in [0.4, 0.5) is 15.8 Å². The summed E-state index contributed by atoms with van der Waals surface area (Å²) >= 11 is 0. The minimum absolute atomic E-state index is 0.234. The predicted molar refractivity (Wildman–Crippen MR) is 82.7 cm³/mol. The molecule has 0 fully saturated rings. The molecule has 5 heteroatoms. The molecule has 0 aliphatic rings. The van der Waals surface area contributed by atoms with Crippen LogP contribution in [0, 0.1) is 12.7 Å². The summed E-state index contributed by atoms with van der Waals surface area (Å²) in [6.07, 6.45) is 0.729. The summed E-state index contributed by atoms with van der Waals surface area (Å²) in [7, 11) is 0. The molecule has 0 bridgehead atoms. The first-order valence-electron chi connectivity index (χ1n) is 6.65. The van der Waals surface area contributed by atoms with Crippen molar-refractivity contribution in [3.8, 4) is 0 Å². The molecule has 4 nitrogen and oxygen atoms in total. The van der Waals surface area contributed by atoms with Gasteiger partial charge in [-0.3, -0.25) is 4.79 Å². The SMILES string of the molecule is Cc1cc(F)ccc1CCNc1cc(C(N)=O)ccc1N. The Labute approximate surface area is 123 Å². The standard InChI is InChI=1S/C16H18FN3O/c1-10-8-13(17)4-2-11(10)6-7-20-15-9-12(16(19)21)3-5-14(15)18/h2-5,8-9,20H,6-7,18H2,1H3,(H2,19,21). The number of nitrogens with one attached hydrogen (secondary N) is 1. The number of primary amides is 1. The summed E-state index contributed by atoms with van der Waals surface area (Å²) in [5.74, 6) is -0.727. The number of rotatable bonds is 5.